The van der Waals surface area contributed by atoms with Gasteiger partial charge in [-0.05, 0) is 71.1 Å². The molecule has 0 nitrogen and oxygen atoms in total. The predicted octanol–water partition coefficient (Wildman–Crippen LogP) is 6.38. The lowest BCUT2D eigenvalue weighted by Gasteiger charge is -2.13. The zero-order chi connectivity index (χ0) is 15.4. The average molecular weight is 284 g/mol. The quantitative estimate of drug-likeness (QED) is 0.329. The highest BCUT2D eigenvalue weighted by Gasteiger charge is 2.09. The molecule has 0 spiro atoms. The monoisotopic (exact) mass is 284 g/mol. The van der Waals surface area contributed by atoms with E-state index in [0.717, 1.165) is 0 Å². The lowest BCUT2D eigenvalue weighted by Crippen LogP contribution is -1.88. The van der Waals surface area contributed by atoms with E-state index in [2.05, 4.69) is 76.2 Å². The van der Waals surface area contributed by atoms with Crippen molar-refractivity contribution in [3.63, 3.8) is 0 Å². The third-order valence-electron chi connectivity index (χ3n) is 4.79. The fraction of sp³-hybridized carbons (Fsp3) is 0.182. The van der Waals surface area contributed by atoms with Gasteiger partial charge in [0.05, 0.1) is 0 Å². The van der Waals surface area contributed by atoms with Crippen molar-refractivity contribution in [2.24, 2.45) is 0 Å². The van der Waals surface area contributed by atoms with E-state index in [0.29, 0.717) is 0 Å². The van der Waals surface area contributed by atoms with Gasteiger partial charge in [0.1, 0.15) is 0 Å². The molecule has 0 saturated carbocycles. The second kappa shape index (κ2) is 4.58. The fourth-order valence-electron chi connectivity index (χ4n) is 3.63. The Kier molecular flexibility index (Phi) is 2.77. The van der Waals surface area contributed by atoms with E-state index in [9.17, 15) is 0 Å². The summed E-state index contributed by atoms with van der Waals surface area (Å²) >= 11 is 0. The van der Waals surface area contributed by atoms with Crippen LogP contribution in [0.5, 0.6) is 0 Å². The summed E-state index contributed by atoms with van der Waals surface area (Å²) in [5, 5.41) is 8.22. The van der Waals surface area contributed by atoms with E-state index < -0.39 is 0 Å². The first kappa shape index (κ1) is 13.3. The van der Waals surface area contributed by atoms with Crippen molar-refractivity contribution in [2.75, 3.05) is 0 Å². The van der Waals surface area contributed by atoms with Gasteiger partial charge in [-0.15, -0.1) is 0 Å². The first-order chi connectivity index (χ1) is 10.5. The van der Waals surface area contributed by atoms with Crippen molar-refractivity contribution in [2.45, 2.75) is 27.7 Å². The Morgan fingerprint density at radius 3 is 1.23 bits per heavy atom. The highest BCUT2D eigenvalue weighted by molar-refractivity contribution is 6.19. The van der Waals surface area contributed by atoms with Crippen LogP contribution in [-0.4, -0.2) is 0 Å². The largest absolute Gasteiger partial charge is 0.0587 e. The van der Waals surface area contributed by atoms with Gasteiger partial charge in [0.2, 0.25) is 0 Å². The summed E-state index contributed by atoms with van der Waals surface area (Å²) in [6.45, 7) is 8.77. The molecule has 0 N–H and O–H groups in total. The van der Waals surface area contributed by atoms with E-state index in [1.54, 1.807) is 0 Å². The molecule has 22 heavy (non-hydrogen) atoms. The van der Waals surface area contributed by atoms with Crippen molar-refractivity contribution >= 4 is 32.3 Å². The highest BCUT2D eigenvalue weighted by atomic mass is 14.1. The molecule has 0 amide bonds. The maximum Gasteiger partial charge on any atom is -0.00961 e. The number of hydrogen-bond donors (Lipinski definition) is 0. The van der Waals surface area contributed by atoms with Crippen LogP contribution < -0.4 is 0 Å². The van der Waals surface area contributed by atoms with Crippen LogP contribution in [0.1, 0.15) is 22.3 Å². The van der Waals surface area contributed by atoms with Crippen LogP contribution in [0.4, 0.5) is 0 Å². The van der Waals surface area contributed by atoms with Crippen molar-refractivity contribution in [1.29, 1.82) is 0 Å². The first-order valence-electron chi connectivity index (χ1n) is 7.88. The van der Waals surface area contributed by atoms with Gasteiger partial charge in [0.15, 0.2) is 0 Å². The Hall–Kier alpha value is -2.34. The van der Waals surface area contributed by atoms with Crippen molar-refractivity contribution in [1.82, 2.24) is 0 Å². The minimum Gasteiger partial charge on any atom is -0.0587 e. The molecule has 4 aromatic carbocycles. The van der Waals surface area contributed by atoms with Gasteiger partial charge in [-0.2, -0.15) is 0 Å². The van der Waals surface area contributed by atoms with Gasteiger partial charge in [-0.25, -0.2) is 0 Å². The van der Waals surface area contributed by atoms with Crippen LogP contribution in [-0.2, 0) is 0 Å². The topological polar surface area (TPSA) is 0 Å². The molecule has 0 bridgehead atoms. The second-order valence-corrected chi connectivity index (χ2v) is 6.58. The SMILES string of the molecule is Cc1ccc2c(c1)c(C)cc1c3ccc(C)cc3c(C)cc21. The van der Waals surface area contributed by atoms with Gasteiger partial charge >= 0.3 is 0 Å². The Morgan fingerprint density at radius 2 is 0.818 bits per heavy atom. The van der Waals surface area contributed by atoms with Crippen molar-refractivity contribution < 1.29 is 0 Å². The Balaban J connectivity index is 2.30. The summed E-state index contributed by atoms with van der Waals surface area (Å²) in [7, 11) is 0. The highest BCUT2D eigenvalue weighted by Crippen LogP contribution is 2.35. The molecule has 0 aliphatic rings. The molecule has 4 rings (SSSR count). The number of aryl methyl sites for hydroxylation is 4. The summed E-state index contributed by atoms with van der Waals surface area (Å²) in [6, 6.07) is 18.3. The predicted molar refractivity (Wildman–Crippen MR) is 97.9 cm³/mol. The van der Waals surface area contributed by atoms with E-state index in [-0.39, 0.29) is 0 Å². The summed E-state index contributed by atoms with van der Waals surface area (Å²) in [4.78, 5) is 0. The molecule has 4 aromatic rings. The number of hydrogen-bond acceptors (Lipinski definition) is 0. The molecule has 0 radical (unpaired) electrons. The molecule has 0 fully saturated rings. The molecule has 0 aliphatic heterocycles. The lowest BCUT2D eigenvalue weighted by atomic mass is 9.91. The molecule has 0 aromatic heterocycles. The molecule has 0 heterocycles. The van der Waals surface area contributed by atoms with Crippen molar-refractivity contribution in [3.8, 4) is 0 Å². The normalized spacial score (nSPS) is 11.6. The molecule has 0 saturated heterocycles. The smallest absolute Gasteiger partial charge is 0.00961 e. The number of fused-ring (bicyclic) bond motifs is 5. The van der Waals surface area contributed by atoms with Crippen LogP contribution >= 0.6 is 0 Å². The van der Waals surface area contributed by atoms with Crippen LogP contribution in [0.3, 0.4) is 0 Å². The first-order valence-corrected chi connectivity index (χ1v) is 7.88. The Labute approximate surface area is 131 Å². The Bertz CT molecular complexity index is 965. The van der Waals surface area contributed by atoms with Gasteiger partial charge in [0.25, 0.3) is 0 Å². The fourth-order valence-corrected chi connectivity index (χ4v) is 3.63. The van der Waals surface area contributed by atoms with E-state index >= 15 is 0 Å². The van der Waals surface area contributed by atoms with E-state index in [1.807, 2.05) is 0 Å². The second-order valence-electron chi connectivity index (χ2n) is 6.58. The number of benzene rings is 4. The van der Waals surface area contributed by atoms with Gasteiger partial charge in [0, 0.05) is 0 Å². The third-order valence-corrected chi connectivity index (χ3v) is 4.79. The summed E-state index contributed by atoms with van der Waals surface area (Å²) in [5.41, 5.74) is 5.36. The third kappa shape index (κ3) is 1.84. The van der Waals surface area contributed by atoms with Gasteiger partial charge in [-0.3, -0.25) is 0 Å². The summed E-state index contributed by atoms with van der Waals surface area (Å²) < 4.78 is 0. The molecular formula is C22H20. The minimum absolute atomic E-state index is 1.32. The van der Waals surface area contributed by atoms with Crippen LogP contribution in [0.25, 0.3) is 32.3 Å². The molecule has 0 atom stereocenters. The van der Waals surface area contributed by atoms with Gasteiger partial charge < -0.3 is 0 Å². The van der Waals surface area contributed by atoms with Gasteiger partial charge in [-0.1, -0.05) is 59.7 Å². The molecule has 0 aliphatic carbocycles. The van der Waals surface area contributed by atoms with E-state index in [1.165, 1.54) is 54.6 Å². The maximum atomic E-state index is 2.36. The van der Waals surface area contributed by atoms with E-state index in [4.69, 9.17) is 0 Å². The van der Waals surface area contributed by atoms with Crippen LogP contribution in [0.15, 0.2) is 48.5 Å². The van der Waals surface area contributed by atoms with Crippen molar-refractivity contribution in [3.05, 3.63) is 70.8 Å². The minimum atomic E-state index is 1.32. The molecule has 0 unspecified atom stereocenters. The lowest BCUT2D eigenvalue weighted by molar-refractivity contribution is 1.47. The summed E-state index contributed by atoms with van der Waals surface area (Å²) in [5.74, 6) is 0. The van der Waals surface area contributed by atoms with Crippen LogP contribution in [0, 0.1) is 27.7 Å². The molecule has 108 valence electrons. The number of rotatable bonds is 0. The maximum absolute atomic E-state index is 2.36. The standard InChI is InChI=1S/C22H20/c1-13-5-7-17-19(9-13)15(3)11-22-18-8-6-14(2)10-20(18)16(4)12-21(17)22/h5-12H,1-4H3. The Morgan fingerprint density at radius 1 is 0.409 bits per heavy atom. The zero-order valence-electron chi connectivity index (χ0n) is 13.6. The molecular weight excluding hydrogens is 264 g/mol. The molecule has 0 heteroatoms. The van der Waals surface area contributed by atoms with Crippen LogP contribution in [0.2, 0.25) is 0 Å². The zero-order valence-corrected chi connectivity index (χ0v) is 13.6. The average Bonchev–Trinajstić information content (AvgIpc) is 2.49. The summed E-state index contributed by atoms with van der Waals surface area (Å²) in [6.07, 6.45) is 0.